The molecule has 0 N–H and O–H groups in total. The van der Waals surface area contributed by atoms with Gasteiger partial charge in [-0.1, -0.05) is 226 Å². The van der Waals surface area contributed by atoms with Crippen LogP contribution in [0.1, 0.15) is 48.6 Å². The standard InChI is InChI=1S/C75H53NO/c1-74(2)67-28-13-11-24-62(67)65-27-15-26-64(72(65)74)60-22-10-9-20-57(60)50-33-41-55(42-34-50)76(56-43-35-51(36-44-56)58-25-16-30-70-71(58)66-46-37-49-17-7-8-21-59(49)73(66)77-70)54-39-31-48(32-40-54)52-38-45-63-61-23-12-14-29-68(61)75(3,69(63)47-52)53-18-5-4-6-19-53/h4-47H,1-3H3. The predicted octanol–water partition coefficient (Wildman–Crippen LogP) is 20.5. The van der Waals surface area contributed by atoms with Crippen LogP contribution in [0.4, 0.5) is 17.1 Å². The second-order valence-electron chi connectivity index (χ2n) is 21.7. The Kier molecular flexibility index (Phi) is 10.1. The number of furan rings is 1. The Morgan fingerprint density at radius 2 is 0.831 bits per heavy atom. The van der Waals surface area contributed by atoms with Crippen molar-refractivity contribution < 1.29 is 4.42 Å². The Labute approximate surface area is 449 Å². The highest BCUT2D eigenvalue weighted by atomic mass is 16.3. The van der Waals surface area contributed by atoms with Gasteiger partial charge in [-0.05, 0) is 161 Å². The summed E-state index contributed by atoms with van der Waals surface area (Å²) in [6, 6.07) is 98.3. The number of fused-ring (bicyclic) bond motifs is 11. The summed E-state index contributed by atoms with van der Waals surface area (Å²) < 4.78 is 6.62. The average Bonchev–Trinajstić information content (AvgIpc) is 4.26. The number of hydrogen-bond donors (Lipinski definition) is 0. The van der Waals surface area contributed by atoms with E-state index in [1.807, 2.05) is 0 Å². The SMILES string of the molecule is CC1(C)c2ccccc2-c2cccc(-c3ccccc3-c3ccc(N(c4ccc(-c5ccc6c(c5)C(C)(c5ccccc5)c5ccccc5-6)cc4)c4ccc(-c5cccc6oc7c8ccccc8ccc7c56)cc4)cc3)c21. The van der Waals surface area contributed by atoms with Crippen LogP contribution in [0.2, 0.25) is 0 Å². The lowest BCUT2D eigenvalue weighted by molar-refractivity contribution is 0.662. The van der Waals surface area contributed by atoms with Gasteiger partial charge in [0.25, 0.3) is 0 Å². The largest absolute Gasteiger partial charge is 0.455 e. The lowest BCUT2D eigenvalue weighted by Gasteiger charge is -2.28. The molecule has 12 aromatic carbocycles. The van der Waals surface area contributed by atoms with Crippen LogP contribution in [0, 0.1) is 0 Å². The van der Waals surface area contributed by atoms with Crippen molar-refractivity contribution in [2.45, 2.75) is 31.6 Å². The molecule has 0 saturated carbocycles. The molecule has 0 radical (unpaired) electrons. The molecule has 2 aliphatic rings. The number of hydrogen-bond acceptors (Lipinski definition) is 2. The van der Waals surface area contributed by atoms with Crippen molar-refractivity contribution in [1.29, 1.82) is 0 Å². The van der Waals surface area contributed by atoms with Gasteiger partial charge in [0.05, 0.1) is 0 Å². The second kappa shape index (κ2) is 17.3. The summed E-state index contributed by atoms with van der Waals surface area (Å²) in [4.78, 5) is 2.39. The molecule has 0 spiro atoms. The van der Waals surface area contributed by atoms with Crippen LogP contribution in [-0.2, 0) is 10.8 Å². The maximum absolute atomic E-state index is 6.62. The maximum atomic E-state index is 6.62. The van der Waals surface area contributed by atoms with E-state index < -0.39 is 0 Å². The number of nitrogens with zero attached hydrogens (tertiary/aromatic N) is 1. The summed E-state index contributed by atoms with van der Waals surface area (Å²) in [6.45, 7) is 7.14. The van der Waals surface area contributed by atoms with Gasteiger partial charge in [0.15, 0.2) is 0 Å². The molecule has 0 bridgehead atoms. The number of rotatable bonds is 8. The summed E-state index contributed by atoms with van der Waals surface area (Å²) in [6.07, 6.45) is 0. The minimum absolute atomic E-state index is 0.131. The molecular formula is C75H53NO. The molecular weight excluding hydrogens is 931 g/mol. The average molecular weight is 984 g/mol. The summed E-state index contributed by atoms with van der Waals surface area (Å²) >= 11 is 0. The van der Waals surface area contributed by atoms with Crippen molar-refractivity contribution in [2.24, 2.45) is 0 Å². The third-order valence-electron chi connectivity index (χ3n) is 17.2. The summed E-state index contributed by atoms with van der Waals surface area (Å²) in [5.41, 5.74) is 26.3. The van der Waals surface area contributed by atoms with Crippen LogP contribution in [0.15, 0.2) is 271 Å². The lowest BCUT2D eigenvalue weighted by atomic mass is 9.74. The third-order valence-corrected chi connectivity index (χ3v) is 17.2. The molecule has 0 amide bonds. The van der Waals surface area contributed by atoms with Crippen molar-refractivity contribution in [3.8, 4) is 66.8 Å². The first-order chi connectivity index (χ1) is 37.8. The quantitative estimate of drug-likeness (QED) is 0.151. The van der Waals surface area contributed by atoms with Crippen LogP contribution in [0.3, 0.4) is 0 Å². The topological polar surface area (TPSA) is 16.4 Å². The van der Waals surface area contributed by atoms with E-state index in [-0.39, 0.29) is 10.8 Å². The third kappa shape index (κ3) is 6.88. The molecule has 0 fully saturated rings. The minimum Gasteiger partial charge on any atom is -0.455 e. The molecule has 15 rings (SSSR count). The molecule has 364 valence electrons. The first-order valence-corrected chi connectivity index (χ1v) is 26.9. The summed E-state index contributed by atoms with van der Waals surface area (Å²) in [5, 5.41) is 4.57. The van der Waals surface area contributed by atoms with Crippen molar-refractivity contribution in [2.75, 3.05) is 4.90 Å². The Balaban J connectivity index is 0.826. The fourth-order valence-electron chi connectivity index (χ4n) is 13.4. The maximum Gasteiger partial charge on any atom is 0.143 e. The van der Waals surface area contributed by atoms with E-state index in [1.54, 1.807) is 0 Å². The van der Waals surface area contributed by atoms with Crippen LogP contribution >= 0.6 is 0 Å². The van der Waals surface area contributed by atoms with E-state index >= 15 is 0 Å². The molecule has 0 saturated heterocycles. The summed E-state index contributed by atoms with van der Waals surface area (Å²) in [7, 11) is 0. The van der Waals surface area contributed by atoms with Gasteiger partial charge >= 0.3 is 0 Å². The zero-order valence-corrected chi connectivity index (χ0v) is 43.3. The van der Waals surface area contributed by atoms with E-state index in [4.69, 9.17) is 4.42 Å². The Bertz CT molecular complexity index is 4470. The van der Waals surface area contributed by atoms with Gasteiger partial charge in [-0.25, -0.2) is 0 Å². The van der Waals surface area contributed by atoms with Crippen LogP contribution < -0.4 is 4.90 Å². The van der Waals surface area contributed by atoms with Gasteiger partial charge in [0.2, 0.25) is 0 Å². The fraction of sp³-hybridized carbons (Fsp3) is 0.0667. The first-order valence-electron chi connectivity index (χ1n) is 26.9. The van der Waals surface area contributed by atoms with Crippen molar-refractivity contribution in [1.82, 2.24) is 0 Å². The highest BCUT2D eigenvalue weighted by molar-refractivity contribution is 6.19. The van der Waals surface area contributed by atoms with Crippen molar-refractivity contribution in [3.63, 3.8) is 0 Å². The van der Waals surface area contributed by atoms with Gasteiger partial charge < -0.3 is 9.32 Å². The van der Waals surface area contributed by atoms with Crippen molar-refractivity contribution in [3.05, 3.63) is 295 Å². The van der Waals surface area contributed by atoms with Gasteiger partial charge in [-0.2, -0.15) is 0 Å². The van der Waals surface area contributed by atoms with Crippen LogP contribution in [-0.4, -0.2) is 0 Å². The molecule has 1 aromatic heterocycles. The van der Waals surface area contributed by atoms with Crippen LogP contribution in [0.25, 0.3) is 99.5 Å². The van der Waals surface area contributed by atoms with Gasteiger partial charge in [-0.3, -0.25) is 0 Å². The molecule has 77 heavy (non-hydrogen) atoms. The molecule has 0 aliphatic heterocycles. The zero-order chi connectivity index (χ0) is 51.4. The second-order valence-corrected chi connectivity index (χ2v) is 21.7. The van der Waals surface area contributed by atoms with E-state index in [0.29, 0.717) is 0 Å². The molecule has 1 unspecified atom stereocenters. The van der Waals surface area contributed by atoms with E-state index in [2.05, 4.69) is 293 Å². The molecule has 1 atom stereocenters. The molecule has 2 heteroatoms. The normalized spacial score (nSPS) is 14.8. The van der Waals surface area contributed by atoms with Gasteiger partial charge in [0.1, 0.15) is 11.2 Å². The molecule has 13 aromatic rings. The Morgan fingerprint density at radius 1 is 0.325 bits per heavy atom. The van der Waals surface area contributed by atoms with E-state index in [0.717, 1.165) is 55.5 Å². The van der Waals surface area contributed by atoms with E-state index in [9.17, 15) is 0 Å². The highest BCUT2D eigenvalue weighted by Crippen LogP contribution is 2.55. The summed E-state index contributed by atoms with van der Waals surface area (Å²) in [5.74, 6) is 0. The Morgan fingerprint density at radius 3 is 1.55 bits per heavy atom. The fourth-order valence-corrected chi connectivity index (χ4v) is 13.4. The lowest BCUT2D eigenvalue weighted by Crippen LogP contribution is -2.22. The minimum atomic E-state index is -0.271. The molecule has 2 aliphatic carbocycles. The Hall–Kier alpha value is -9.50. The van der Waals surface area contributed by atoms with Gasteiger partial charge in [0, 0.05) is 44.1 Å². The number of benzene rings is 12. The highest BCUT2D eigenvalue weighted by Gasteiger charge is 2.41. The number of anilines is 3. The zero-order valence-electron chi connectivity index (χ0n) is 43.3. The first kappa shape index (κ1) is 44.9. The molecule has 2 nitrogen and oxygen atoms in total. The smallest absolute Gasteiger partial charge is 0.143 e. The predicted molar refractivity (Wildman–Crippen MR) is 323 cm³/mol. The van der Waals surface area contributed by atoms with E-state index in [1.165, 1.54) is 88.8 Å². The van der Waals surface area contributed by atoms with Crippen molar-refractivity contribution >= 4 is 49.8 Å². The monoisotopic (exact) mass is 983 g/mol. The molecule has 1 heterocycles. The van der Waals surface area contributed by atoms with Gasteiger partial charge in [-0.15, -0.1) is 0 Å². The van der Waals surface area contributed by atoms with Crippen LogP contribution in [0.5, 0.6) is 0 Å².